The zero-order chi connectivity index (χ0) is 16.1. The maximum Gasteiger partial charge on any atom is 0.455 e. The molecule has 0 aliphatic rings. The van der Waals surface area contributed by atoms with Crippen LogP contribution in [0.1, 0.15) is 10.4 Å². The van der Waals surface area contributed by atoms with Crippen LogP contribution in [0.2, 0.25) is 0 Å². The van der Waals surface area contributed by atoms with Crippen molar-refractivity contribution in [2.45, 2.75) is 6.18 Å². The topological polar surface area (TPSA) is 131 Å². The molecule has 0 saturated heterocycles. The van der Waals surface area contributed by atoms with Crippen LogP contribution in [0, 0.1) is 39.9 Å². The number of fused-ring (bicyclic) bond motifs is 3. The summed E-state index contributed by atoms with van der Waals surface area (Å²) in [6, 6.07) is 9.51. The number of aromatic hydroxyl groups is 1. The molecule has 6 nitrogen and oxygen atoms in total. The first-order valence-electron chi connectivity index (χ1n) is 6.10. The van der Waals surface area contributed by atoms with Gasteiger partial charge in [0, 0.05) is 45.3 Å². The van der Waals surface area contributed by atoms with Gasteiger partial charge in [-0.15, -0.1) is 0 Å². The second-order valence-corrected chi connectivity index (χ2v) is 4.60. The van der Waals surface area contributed by atoms with Gasteiger partial charge in [0.25, 0.3) is 5.78 Å². The van der Waals surface area contributed by atoms with Gasteiger partial charge in [0.1, 0.15) is 11.3 Å². The van der Waals surface area contributed by atoms with Crippen LogP contribution in [0.15, 0.2) is 45.6 Å². The molecule has 3 rings (SSSR count). The van der Waals surface area contributed by atoms with Crippen molar-refractivity contribution in [3.05, 3.63) is 52.4 Å². The van der Waals surface area contributed by atoms with Gasteiger partial charge in [0.05, 0.1) is 5.39 Å². The summed E-state index contributed by atoms with van der Waals surface area (Å²) in [5.74, 6) is -3.46. The van der Waals surface area contributed by atoms with Crippen molar-refractivity contribution >= 4 is 27.5 Å². The zero-order valence-corrected chi connectivity index (χ0v) is 14.4. The first kappa shape index (κ1) is 23.4. The number of hydrogen-bond donors (Lipinski definition) is 1. The Morgan fingerprint density at radius 2 is 1.60 bits per heavy atom. The predicted octanol–water partition coefficient (Wildman–Crippen LogP) is 1.75. The third kappa shape index (κ3) is 3.99. The molecule has 0 amide bonds. The molecule has 10 heteroatoms. The van der Waals surface area contributed by atoms with Crippen LogP contribution in [-0.2, 0) is 0 Å². The second kappa shape index (κ2) is 8.20. The molecule has 0 spiro atoms. The number of alkyl halides is 3. The van der Waals surface area contributed by atoms with Crippen LogP contribution in [0.25, 0.3) is 21.7 Å². The number of rotatable bonds is 1. The summed E-state index contributed by atoms with van der Waals surface area (Å²) in [7, 11) is 0. The third-order valence-electron chi connectivity index (χ3n) is 3.25. The van der Waals surface area contributed by atoms with Gasteiger partial charge in [-0.05, 0) is 11.5 Å². The van der Waals surface area contributed by atoms with Gasteiger partial charge in [-0.2, -0.15) is 13.2 Å². The van der Waals surface area contributed by atoms with Gasteiger partial charge in [-0.25, -0.2) is 4.79 Å². The first-order valence-corrected chi connectivity index (χ1v) is 6.10. The molecule has 0 unspecified atom stereocenters. The molecule has 0 saturated carbocycles. The van der Waals surface area contributed by atoms with E-state index in [2.05, 4.69) is 0 Å². The summed E-state index contributed by atoms with van der Waals surface area (Å²) in [4.78, 5) is 23.0. The number of carbonyl (C=O) groups excluding carboxylic acids is 1. The van der Waals surface area contributed by atoms with Crippen LogP contribution in [0.3, 0.4) is 0 Å². The molecule has 25 heavy (non-hydrogen) atoms. The molecule has 2 aromatic carbocycles. The third-order valence-corrected chi connectivity index (χ3v) is 3.25. The molecular formula is C15H11F3GdO6. The normalized spacial score (nSPS) is 10.5. The SMILES string of the molecule is O.O.O=C(c1c(O)c2ccc3ccccc3c2oc1=O)C(F)(F)F.[Gd]. The Morgan fingerprint density at radius 1 is 1.00 bits per heavy atom. The molecule has 1 heterocycles. The van der Waals surface area contributed by atoms with Crippen molar-refractivity contribution in [1.29, 1.82) is 0 Å². The molecule has 0 fully saturated rings. The monoisotopic (exact) mass is 502 g/mol. The minimum Gasteiger partial charge on any atom is -0.506 e. The van der Waals surface area contributed by atoms with Crippen molar-refractivity contribution in [2.75, 3.05) is 0 Å². The molecule has 0 aliphatic heterocycles. The summed E-state index contributed by atoms with van der Waals surface area (Å²) in [6.45, 7) is 0. The number of carbonyl (C=O) groups is 1. The van der Waals surface area contributed by atoms with Crippen LogP contribution in [0.5, 0.6) is 5.75 Å². The summed E-state index contributed by atoms with van der Waals surface area (Å²) in [5.41, 5.74) is -3.00. The predicted molar refractivity (Wildman–Crippen MR) is 79.3 cm³/mol. The summed E-state index contributed by atoms with van der Waals surface area (Å²) < 4.78 is 42.4. The average molecular weight is 501 g/mol. The van der Waals surface area contributed by atoms with E-state index in [1.165, 1.54) is 6.07 Å². The van der Waals surface area contributed by atoms with E-state index in [4.69, 9.17) is 4.42 Å². The van der Waals surface area contributed by atoms with Crippen molar-refractivity contribution in [3.63, 3.8) is 0 Å². The molecule has 1 aromatic heterocycles. The molecule has 0 atom stereocenters. The van der Waals surface area contributed by atoms with Crippen LogP contribution in [0.4, 0.5) is 13.2 Å². The standard InChI is InChI=1S/C15H7F3O4.Gd.2H2O/c16-15(17,18)13(20)10-11(19)9-6-5-7-3-1-2-4-8(7)12(9)22-14(10)21;;;/h1-6,19H;;2*1H2. The van der Waals surface area contributed by atoms with Crippen LogP contribution < -0.4 is 5.63 Å². The Hall–Kier alpha value is -1.59. The maximum absolute atomic E-state index is 12.5. The fourth-order valence-corrected chi connectivity index (χ4v) is 2.26. The van der Waals surface area contributed by atoms with Crippen LogP contribution >= 0.6 is 0 Å². The molecule has 0 bridgehead atoms. The van der Waals surface area contributed by atoms with Gasteiger partial charge in [-0.3, -0.25) is 4.79 Å². The van der Waals surface area contributed by atoms with Gasteiger partial charge in [0.15, 0.2) is 5.56 Å². The number of halogens is 3. The second-order valence-electron chi connectivity index (χ2n) is 4.60. The quantitative estimate of drug-likeness (QED) is 0.309. The smallest absolute Gasteiger partial charge is 0.455 e. The minimum absolute atomic E-state index is 0. The van der Waals surface area contributed by atoms with E-state index in [0.29, 0.717) is 10.8 Å². The Kier molecular flexibility index (Phi) is 7.68. The largest absolute Gasteiger partial charge is 0.506 e. The minimum atomic E-state index is -5.28. The van der Waals surface area contributed by atoms with E-state index in [-0.39, 0.29) is 61.9 Å². The van der Waals surface area contributed by atoms with Gasteiger partial charge in [-0.1, -0.05) is 30.3 Å². The first-order chi connectivity index (χ1) is 10.3. The van der Waals surface area contributed by atoms with E-state index in [0.717, 1.165) is 0 Å². The fraction of sp³-hybridized carbons (Fsp3) is 0.0667. The molecule has 3 aromatic rings. The van der Waals surface area contributed by atoms with E-state index in [9.17, 15) is 27.9 Å². The summed E-state index contributed by atoms with van der Waals surface area (Å²) in [5, 5.41) is 10.9. The average Bonchev–Trinajstić information content (AvgIpc) is 2.46. The molecular weight excluding hydrogens is 490 g/mol. The van der Waals surface area contributed by atoms with E-state index >= 15 is 0 Å². The Morgan fingerprint density at radius 3 is 2.20 bits per heavy atom. The summed E-state index contributed by atoms with van der Waals surface area (Å²) >= 11 is 0. The van der Waals surface area contributed by atoms with Gasteiger partial charge in [0.2, 0.25) is 0 Å². The Labute approximate surface area is 169 Å². The Bertz CT molecular complexity index is 981. The van der Waals surface area contributed by atoms with E-state index in [1.54, 1.807) is 30.3 Å². The molecule has 0 radical (unpaired) electrons. The van der Waals surface area contributed by atoms with Crippen molar-refractivity contribution in [2.24, 2.45) is 0 Å². The molecule has 0 aliphatic carbocycles. The number of Topliss-reactive ketones (excluding diaryl/α,β-unsaturated/α-hetero) is 1. The number of hydrogen-bond acceptors (Lipinski definition) is 4. The maximum atomic E-state index is 12.5. The number of ketones is 1. The van der Waals surface area contributed by atoms with E-state index in [1.807, 2.05) is 0 Å². The van der Waals surface area contributed by atoms with Crippen molar-refractivity contribution in [3.8, 4) is 5.75 Å². The van der Waals surface area contributed by atoms with Gasteiger partial charge < -0.3 is 20.5 Å². The van der Waals surface area contributed by atoms with Gasteiger partial charge >= 0.3 is 11.8 Å². The van der Waals surface area contributed by atoms with Crippen LogP contribution in [-0.4, -0.2) is 28.0 Å². The molecule has 5 N–H and O–H groups in total. The Balaban J connectivity index is 0.00000192. The summed E-state index contributed by atoms with van der Waals surface area (Å²) in [6.07, 6.45) is -5.28. The van der Waals surface area contributed by atoms with Crippen molar-refractivity contribution < 1.29 is 78.4 Å². The van der Waals surface area contributed by atoms with E-state index < -0.39 is 28.9 Å². The molecule has 136 valence electrons. The fourth-order valence-electron chi connectivity index (χ4n) is 2.26. The van der Waals surface area contributed by atoms with Crippen molar-refractivity contribution in [1.82, 2.24) is 0 Å². The number of benzene rings is 2. The zero-order valence-electron chi connectivity index (χ0n) is 12.1.